The van der Waals surface area contributed by atoms with Crippen molar-refractivity contribution in [1.29, 1.82) is 5.26 Å². The number of anilines is 1. The maximum absolute atomic E-state index is 12.1. The third kappa shape index (κ3) is 4.80. The lowest BCUT2D eigenvalue weighted by molar-refractivity contribution is -0.126. The predicted octanol–water partition coefficient (Wildman–Crippen LogP) is 3.70. The number of benzene rings is 2. The minimum atomic E-state index is -1.39. The number of para-hydroxylation sites is 1. The first-order valence-corrected chi connectivity index (χ1v) is 7.21. The number of hydrogen-bond acceptors (Lipinski definition) is 3. The van der Waals surface area contributed by atoms with E-state index >= 15 is 0 Å². The standard InChI is InChI=1S/C18H13ClN2O2/c19-14-9-6-13(7-10-14)8-11-17(22)16(12-20)18(23)21-15-4-2-1-3-5-15/h1-11,16H,(H,21,23)/b11-8+/t16-/m0/s1. The summed E-state index contributed by atoms with van der Waals surface area (Å²) >= 11 is 5.78. The normalized spacial score (nSPS) is 11.7. The van der Waals surface area contributed by atoms with E-state index < -0.39 is 17.6 Å². The third-order valence-electron chi connectivity index (χ3n) is 3.03. The highest BCUT2D eigenvalue weighted by atomic mass is 35.5. The molecule has 114 valence electrons. The Balaban J connectivity index is 2.05. The summed E-state index contributed by atoms with van der Waals surface area (Å²) in [5.41, 5.74) is 1.29. The van der Waals surface area contributed by atoms with Gasteiger partial charge in [-0.15, -0.1) is 0 Å². The molecule has 0 saturated carbocycles. The van der Waals surface area contributed by atoms with Gasteiger partial charge in [0.25, 0.3) is 0 Å². The third-order valence-corrected chi connectivity index (χ3v) is 3.28. The van der Waals surface area contributed by atoms with Gasteiger partial charge < -0.3 is 5.32 Å². The highest BCUT2D eigenvalue weighted by Gasteiger charge is 2.24. The van der Waals surface area contributed by atoms with Crippen molar-refractivity contribution in [2.75, 3.05) is 5.32 Å². The number of ketones is 1. The number of nitrogens with one attached hydrogen (secondary N) is 1. The Labute approximate surface area is 139 Å². The summed E-state index contributed by atoms with van der Waals surface area (Å²) < 4.78 is 0. The van der Waals surface area contributed by atoms with Gasteiger partial charge in [0.1, 0.15) is 0 Å². The highest BCUT2D eigenvalue weighted by molar-refractivity contribution is 6.30. The highest BCUT2D eigenvalue weighted by Crippen LogP contribution is 2.12. The van der Waals surface area contributed by atoms with Gasteiger partial charge in [-0.25, -0.2) is 0 Å². The minimum Gasteiger partial charge on any atom is -0.325 e. The van der Waals surface area contributed by atoms with Crippen LogP contribution in [0.1, 0.15) is 5.56 Å². The van der Waals surface area contributed by atoms with Crippen LogP contribution in [0.2, 0.25) is 5.02 Å². The summed E-state index contributed by atoms with van der Waals surface area (Å²) in [4.78, 5) is 24.1. The number of halogens is 1. The van der Waals surface area contributed by atoms with Crippen molar-refractivity contribution in [1.82, 2.24) is 0 Å². The van der Waals surface area contributed by atoms with Gasteiger partial charge in [-0.1, -0.05) is 48.0 Å². The molecule has 1 atom stereocenters. The fourth-order valence-corrected chi connectivity index (χ4v) is 1.96. The Hall–Kier alpha value is -2.90. The molecule has 0 unspecified atom stereocenters. The average molecular weight is 325 g/mol. The van der Waals surface area contributed by atoms with Crippen molar-refractivity contribution in [2.45, 2.75) is 0 Å². The topological polar surface area (TPSA) is 70.0 Å². The monoisotopic (exact) mass is 324 g/mol. The van der Waals surface area contributed by atoms with E-state index in [0.29, 0.717) is 10.7 Å². The van der Waals surface area contributed by atoms with Crippen molar-refractivity contribution >= 4 is 35.1 Å². The quantitative estimate of drug-likeness (QED) is 0.673. The fourth-order valence-electron chi connectivity index (χ4n) is 1.84. The Morgan fingerprint density at radius 3 is 2.35 bits per heavy atom. The summed E-state index contributed by atoms with van der Waals surface area (Å²) in [5.74, 6) is -2.61. The molecular formula is C18H13ClN2O2. The van der Waals surface area contributed by atoms with Crippen molar-refractivity contribution in [3.05, 3.63) is 71.3 Å². The molecule has 5 heteroatoms. The number of nitriles is 1. The summed E-state index contributed by atoms with van der Waals surface area (Å²) in [6, 6.07) is 17.2. The molecule has 0 bridgehead atoms. The maximum Gasteiger partial charge on any atom is 0.249 e. The molecule has 0 radical (unpaired) electrons. The number of allylic oxidation sites excluding steroid dienone is 1. The van der Waals surface area contributed by atoms with Crippen LogP contribution in [0.3, 0.4) is 0 Å². The van der Waals surface area contributed by atoms with Crippen LogP contribution in [-0.4, -0.2) is 11.7 Å². The van der Waals surface area contributed by atoms with Crippen LogP contribution in [0.5, 0.6) is 0 Å². The molecular weight excluding hydrogens is 312 g/mol. The first-order valence-electron chi connectivity index (χ1n) is 6.83. The molecule has 0 aliphatic carbocycles. The van der Waals surface area contributed by atoms with Gasteiger partial charge in [0, 0.05) is 10.7 Å². The zero-order chi connectivity index (χ0) is 16.7. The molecule has 0 saturated heterocycles. The van der Waals surface area contributed by atoms with E-state index in [9.17, 15) is 9.59 Å². The largest absolute Gasteiger partial charge is 0.325 e. The van der Waals surface area contributed by atoms with Crippen LogP contribution < -0.4 is 5.32 Å². The summed E-state index contributed by atoms with van der Waals surface area (Å²) in [6.07, 6.45) is 2.76. The molecule has 2 aromatic rings. The summed E-state index contributed by atoms with van der Waals surface area (Å²) in [5, 5.41) is 12.2. The van der Waals surface area contributed by atoms with E-state index in [0.717, 1.165) is 5.56 Å². The molecule has 1 N–H and O–H groups in total. The van der Waals surface area contributed by atoms with E-state index in [1.807, 2.05) is 0 Å². The van der Waals surface area contributed by atoms with E-state index in [-0.39, 0.29) is 0 Å². The molecule has 23 heavy (non-hydrogen) atoms. The minimum absolute atomic E-state index is 0.534. The van der Waals surface area contributed by atoms with Gasteiger partial charge in [-0.2, -0.15) is 5.26 Å². The second-order valence-electron chi connectivity index (χ2n) is 4.70. The average Bonchev–Trinajstić information content (AvgIpc) is 2.56. The van der Waals surface area contributed by atoms with Gasteiger partial charge in [-0.3, -0.25) is 9.59 Å². The molecule has 4 nitrogen and oxygen atoms in total. The van der Waals surface area contributed by atoms with Crippen LogP contribution in [0.25, 0.3) is 6.08 Å². The molecule has 1 amide bonds. The van der Waals surface area contributed by atoms with Crippen LogP contribution >= 0.6 is 11.6 Å². The number of nitrogens with zero attached hydrogens (tertiary/aromatic N) is 1. The molecule has 0 aromatic heterocycles. The number of carbonyl (C=O) groups excluding carboxylic acids is 2. The number of hydrogen-bond donors (Lipinski definition) is 1. The van der Waals surface area contributed by atoms with E-state index in [2.05, 4.69) is 5.32 Å². The number of rotatable bonds is 5. The first kappa shape index (κ1) is 16.5. The van der Waals surface area contributed by atoms with Crippen LogP contribution in [-0.2, 0) is 9.59 Å². The van der Waals surface area contributed by atoms with Crippen molar-refractivity contribution < 1.29 is 9.59 Å². The van der Waals surface area contributed by atoms with Gasteiger partial charge in [0.15, 0.2) is 11.7 Å². The van der Waals surface area contributed by atoms with Crippen LogP contribution in [0, 0.1) is 17.2 Å². The summed E-state index contributed by atoms with van der Waals surface area (Å²) in [6.45, 7) is 0. The van der Waals surface area contributed by atoms with Crippen molar-refractivity contribution in [3.63, 3.8) is 0 Å². The number of amides is 1. The van der Waals surface area contributed by atoms with Crippen molar-refractivity contribution in [3.8, 4) is 6.07 Å². The zero-order valence-corrected chi connectivity index (χ0v) is 12.8. The first-order chi connectivity index (χ1) is 11.1. The Kier molecular flexibility index (Phi) is 5.67. The summed E-state index contributed by atoms with van der Waals surface area (Å²) in [7, 11) is 0. The van der Waals surface area contributed by atoms with Gasteiger partial charge in [-0.05, 0) is 35.9 Å². The van der Waals surface area contributed by atoms with Crippen LogP contribution in [0.4, 0.5) is 5.69 Å². The molecule has 2 aromatic carbocycles. The lowest BCUT2D eigenvalue weighted by atomic mass is 10.0. The smallest absolute Gasteiger partial charge is 0.249 e. The van der Waals surface area contributed by atoms with Crippen molar-refractivity contribution in [2.24, 2.45) is 5.92 Å². The Bertz CT molecular complexity index is 762. The van der Waals surface area contributed by atoms with E-state index in [1.54, 1.807) is 66.7 Å². The molecule has 0 fully saturated rings. The van der Waals surface area contributed by atoms with E-state index in [4.69, 9.17) is 16.9 Å². The maximum atomic E-state index is 12.1. The SMILES string of the molecule is N#C[C@@H](C(=O)/C=C/c1ccc(Cl)cc1)C(=O)Nc1ccccc1. The lowest BCUT2D eigenvalue weighted by Gasteiger charge is -2.07. The molecule has 2 rings (SSSR count). The van der Waals surface area contributed by atoms with Gasteiger partial charge in [0.2, 0.25) is 5.91 Å². The van der Waals surface area contributed by atoms with E-state index in [1.165, 1.54) is 6.08 Å². The molecule has 0 aliphatic heterocycles. The Morgan fingerprint density at radius 2 is 1.74 bits per heavy atom. The zero-order valence-electron chi connectivity index (χ0n) is 12.1. The van der Waals surface area contributed by atoms with Gasteiger partial charge >= 0.3 is 0 Å². The molecule has 0 spiro atoms. The fraction of sp³-hybridized carbons (Fsp3) is 0.0556. The van der Waals surface area contributed by atoms with Crippen LogP contribution in [0.15, 0.2) is 60.7 Å². The lowest BCUT2D eigenvalue weighted by Crippen LogP contribution is -2.27. The predicted molar refractivity (Wildman–Crippen MR) is 89.7 cm³/mol. The molecule has 0 heterocycles. The van der Waals surface area contributed by atoms with Gasteiger partial charge in [0.05, 0.1) is 6.07 Å². The second kappa shape index (κ2) is 7.92. The second-order valence-corrected chi connectivity index (χ2v) is 5.14. The number of carbonyl (C=O) groups is 2. The Morgan fingerprint density at radius 1 is 1.09 bits per heavy atom. The molecule has 0 aliphatic rings.